The third-order valence-electron chi connectivity index (χ3n) is 2.34. The Hall–Kier alpha value is -2.57. The molecule has 0 saturated carbocycles. The summed E-state index contributed by atoms with van der Waals surface area (Å²) < 4.78 is 19.6. The molecule has 7 heteroatoms. The van der Waals surface area contributed by atoms with Crippen LogP contribution < -0.4 is 4.74 Å². The maximum Gasteiger partial charge on any atom is 0.378 e. The lowest BCUT2D eigenvalue weighted by Gasteiger charge is -2.03. The van der Waals surface area contributed by atoms with E-state index >= 15 is 0 Å². The maximum atomic E-state index is 11.6. The lowest BCUT2D eigenvalue weighted by atomic mass is 10.3. The molecule has 0 N–H and O–H groups in total. The maximum absolute atomic E-state index is 11.6. The van der Waals surface area contributed by atoms with Gasteiger partial charge < -0.3 is 18.6 Å². The van der Waals surface area contributed by atoms with Crippen molar-refractivity contribution in [2.75, 3.05) is 20.8 Å². The number of ether oxygens (including phenoxy) is 3. The molecule has 0 radical (unpaired) electrons. The highest BCUT2D eigenvalue weighted by Crippen LogP contribution is 2.31. The van der Waals surface area contributed by atoms with Crippen molar-refractivity contribution in [2.45, 2.75) is 0 Å². The Kier molecular flexibility index (Phi) is 3.65. The van der Waals surface area contributed by atoms with Crippen LogP contribution in [0.5, 0.6) is 5.75 Å². The molecule has 0 aliphatic carbocycles. The Morgan fingerprint density at radius 1 is 1.32 bits per heavy atom. The lowest BCUT2D eigenvalue weighted by Crippen LogP contribution is -2.14. The van der Waals surface area contributed by atoms with E-state index in [9.17, 15) is 9.59 Å². The predicted molar refractivity (Wildman–Crippen MR) is 62.9 cm³/mol. The van der Waals surface area contributed by atoms with Gasteiger partial charge in [0.1, 0.15) is 0 Å². The van der Waals surface area contributed by atoms with Gasteiger partial charge in [-0.3, -0.25) is 0 Å². The number of hydrogen-bond donors (Lipinski definition) is 0. The molecule has 0 spiro atoms. The highest BCUT2D eigenvalue weighted by Gasteiger charge is 2.24. The number of nitrogens with zero attached hydrogens (tertiary/aromatic N) is 1. The zero-order chi connectivity index (χ0) is 13.8. The van der Waals surface area contributed by atoms with Crippen LogP contribution in [0.2, 0.25) is 0 Å². The molecule has 2 rings (SSSR count). The van der Waals surface area contributed by atoms with E-state index in [4.69, 9.17) is 9.15 Å². The molecule has 0 atom stereocenters. The fourth-order valence-corrected chi connectivity index (χ4v) is 1.46. The van der Waals surface area contributed by atoms with Gasteiger partial charge in [-0.2, -0.15) is 0 Å². The van der Waals surface area contributed by atoms with Gasteiger partial charge in [-0.1, -0.05) is 0 Å². The van der Waals surface area contributed by atoms with Gasteiger partial charge in [0.15, 0.2) is 23.5 Å². The number of carbonyl (C=O) groups is 2. The molecule has 0 saturated heterocycles. The molecule has 2 aromatic heterocycles. The fourth-order valence-electron chi connectivity index (χ4n) is 1.46. The summed E-state index contributed by atoms with van der Waals surface area (Å²) in [6, 6.07) is 3.27. The Balaban J connectivity index is 2.42. The second kappa shape index (κ2) is 5.38. The lowest BCUT2D eigenvalue weighted by molar-refractivity contribution is -0.142. The average Bonchev–Trinajstić information content (AvgIpc) is 2.82. The average molecular weight is 265 g/mol. The van der Waals surface area contributed by atoms with Gasteiger partial charge in [0.25, 0.3) is 5.76 Å². The van der Waals surface area contributed by atoms with E-state index < -0.39 is 11.9 Å². The molecule has 0 aliphatic heterocycles. The van der Waals surface area contributed by atoms with Gasteiger partial charge in [0.2, 0.25) is 0 Å². The first-order chi connectivity index (χ1) is 9.17. The van der Waals surface area contributed by atoms with Gasteiger partial charge in [-0.15, -0.1) is 0 Å². The summed E-state index contributed by atoms with van der Waals surface area (Å²) in [6.07, 6.45) is 1.52. The number of hydrogen-bond acceptors (Lipinski definition) is 7. The van der Waals surface area contributed by atoms with E-state index in [1.54, 1.807) is 12.1 Å². The van der Waals surface area contributed by atoms with Crippen molar-refractivity contribution in [1.29, 1.82) is 0 Å². The third kappa shape index (κ3) is 2.49. The summed E-state index contributed by atoms with van der Waals surface area (Å²) in [6.45, 7) is -0.355. The number of esters is 2. The summed E-state index contributed by atoms with van der Waals surface area (Å²) in [5, 5.41) is 0. The van der Waals surface area contributed by atoms with Crippen molar-refractivity contribution < 1.29 is 28.2 Å². The van der Waals surface area contributed by atoms with Crippen LogP contribution in [0.15, 0.2) is 22.7 Å². The third-order valence-corrected chi connectivity index (χ3v) is 2.34. The first-order valence-electron chi connectivity index (χ1n) is 5.32. The van der Waals surface area contributed by atoms with Crippen LogP contribution in [0.4, 0.5) is 0 Å². The van der Waals surface area contributed by atoms with E-state index in [1.165, 1.54) is 20.4 Å². The van der Waals surface area contributed by atoms with E-state index in [0.717, 1.165) is 0 Å². The van der Waals surface area contributed by atoms with Crippen LogP contribution in [0.1, 0.15) is 10.6 Å². The molecule has 0 aromatic carbocycles. The first kappa shape index (κ1) is 12.9. The largest absolute Gasteiger partial charge is 0.475 e. The Morgan fingerprint density at radius 3 is 2.79 bits per heavy atom. The molecule has 0 amide bonds. The van der Waals surface area contributed by atoms with Crippen molar-refractivity contribution >= 4 is 23.0 Å². The summed E-state index contributed by atoms with van der Waals surface area (Å²) in [7, 11) is 2.45. The molecular formula is C12H11NO6. The Labute approximate surface area is 108 Å². The van der Waals surface area contributed by atoms with Gasteiger partial charge >= 0.3 is 11.9 Å². The predicted octanol–water partition coefficient (Wildman–Crippen LogP) is 1.17. The van der Waals surface area contributed by atoms with Gasteiger partial charge in [-0.05, 0) is 12.1 Å². The first-order valence-corrected chi connectivity index (χ1v) is 5.32. The van der Waals surface area contributed by atoms with E-state index in [2.05, 4.69) is 14.5 Å². The smallest absolute Gasteiger partial charge is 0.378 e. The minimum absolute atomic E-state index is 0.0628. The van der Waals surface area contributed by atoms with Crippen molar-refractivity contribution in [2.24, 2.45) is 0 Å². The highest BCUT2D eigenvalue weighted by atomic mass is 16.6. The summed E-state index contributed by atoms with van der Waals surface area (Å²) in [5.74, 6) is -1.37. The molecule has 7 nitrogen and oxygen atoms in total. The van der Waals surface area contributed by atoms with E-state index in [0.29, 0.717) is 11.1 Å². The minimum atomic E-state index is -0.710. The second-order valence-electron chi connectivity index (χ2n) is 3.47. The van der Waals surface area contributed by atoms with Gasteiger partial charge in [-0.25, -0.2) is 14.6 Å². The van der Waals surface area contributed by atoms with Crippen molar-refractivity contribution in [3.63, 3.8) is 0 Å². The topological polar surface area (TPSA) is 87.9 Å². The van der Waals surface area contributed by atoms with E-state index in [-0.39, 0.29) is 18.1 Å². The van der Waals surface area contributed by atoms with Crippen LogP contribution in [0, 0.1) is 0 Å². The number of fused-ring (bicyclic) bond motifs is 1. The Morgan fingerprint density at radius 2 is 2.11 bits per heavy atom. The summed E-state index contributed by atoms with van der Waals surface area (Å²) in [4.78, 5) is 26.7. The van der Waals surface area contributed by atoms with Crippen molar-refractivity contribution in [3.8, 4) is 5.75 Å². The van der Waals surface area contributed by atoms with E-state index in [1.807, 2.05) is 0 Å². The zero-order valence-corrected chi connectivity index (χ0v) is 10.3. The number of carbonyl (C=O) groups excluding carboxylic acids is 2. The van der Waals surface area contributed by atoms with Gasteiger partial charge in [0, 0.05) is 6.20 Å². The summed E-state index contributed by atoms with van der Waals surface area (Å²) >= 11 is 0. The number of aromatic nitrogens is 1. The zero-order valence-electron chi connectivity index (χ0n) is 10.3. The summed E-state index contributed by atoms with van der Waals surface area (Å²) in [5.41, 5.74) is 0.703. The molecule has 19 heavy (non-hydrogen) atoms. The second-order valence-corrected chi connectivity index (χ2v) is 3.47. The number of pyridine rings is 1. The van der Waals surface area contributed by atoms with Crippen molar-refractivity contribution in [3.05, 3.63) is 24.1 Å². The molecule has 0 aliphatic rings. The normalized spacial score (nSPS) is 10.2. The van der Waals surface area contributed by atoms with Crippen molar-refractivity contribution in [1.82, 2.24) is 4.98 Å². The number of furan rings is 1. The van der Waals surface area contributed by atoms with Crippen LogP contribution >= 0.6 is 0 Å². The van der Waals surface area contributed by atoms with Crippen LogP contribution in [0.25, 0.3) is 11.1 Å². The number of rotatable bonds is 4. The molecular weight excluding hydrogens is 254 g/mol. The SMILES string of the molecule is COC(=O)COc1c(C(=O)OC)oc2cccnc12. The monoisotopic (exact) mass is 265 g/mol. The standard InChI is InChI=1S/C12H11NO6/c1-16-8(14)6-18-10-9-7(4-3-5-13-9)19-11(10)12(15)17-2/h3-5H,6H2,1-2H3. The van der Waals surface area contributed by atoms with Crippen LogP contribution in [0.3, 0.4) is 0 Å². The molecule has 2 heterocycles. The minimum Gasteiger partial charge on any atom is -0.475 e. The molecule has 0 fully saturated rings. The number of methoxy groups -OCH3 is 2. The van der Waals surface area contributed by atoms with Gasteiger partial charge in [0.05, 0.1) is 14.2 Å². The molecule has 100 valence electrons. The Bertz CT molecular complexity index is 618. The van der Waals surface area contributed by atoms with Crippen LogP contribution in [-0.2, 0) is 14.3 Å². The quantitative estimate of drug-likeness (QED) is 0.766. The van der Waals surface area contributed by atoms with Crippen LogP contribution in [-0.4, -0.2) is 37.7 Å². The highest BCUT2D eigenvalue weighted by molar-refractivity contribution is 5.97. The molecule has 2 aromatic rings. The molecule has 0 bridgehead atoms. The fraction of sp³-hybridized carbons (Fsp3) is 0.250. The molecule has 0 unspecified atom stereocenters.